The van der Waals surface area contributed by atoms with Gasteiger partial charge in [0.15, 0.2) is 5.82 Å². The zero-order valence-corrected chi connectivity index (χ0v) is 20.5. The summed E-state index contributed by atoms with van der Waals surface area (Å²) in [7, 11) is 3.21. The van der Waals surface area contributed by atoms with Gasteiger partial charge in [0.05, 0.1) is 48.0 Å². The first-order valence-corrected chi connectivity index (χ1v) is 11.2. The fourth-order valence-corrected chi connectivity index (χ4v) is 3.98. The van der Waals surface area contributed by atoms with Crippen molar-refractivity contribution in [2.45, 2.75) is 20.0 Å². The Morgan fingerprint density at radius 2 is 1.70 bits per heavy atom. The van der Waals surface area contributed by atoms with Crippen LogP contribution in [0.5, 0.6) is 5.75 Å². The highest BCUT2D eigenvalue weighted by Crippen LogP contribution is 2.34. The third-order valence-corrected chi connectivity index (χ3v) is 5.72. The molecule has 5 rings (SSSR count). The molecule has 37 heavy (non-hydrogen) atoms. The summed E-state index contributed by atoms with van der Waals surface area (Å²) in [5.41, 5.74) is 2.59. The Morgan fingerprint density at radius 1 is 0.946 bits per heavy atom. The molecule has 3 heterocycles. The standard InChI is InChI=1S/C25H23F3N8O/c1-16-12-34(14-29-16)21-9-8-20(11-22(21)37-4)36(35-13-17(2)30-15-35)24-31-23(33(3)32-24)18-6-5-7-19(10-18)25(26,27)28/h5-15H,1-4H3. The summed E-state index contributed by atoms with van der Waals surface area (Å²) in [4.78, 5) is 13.2. The van der Waals surface area contributed by atoms with E-state index in [2.05, 4.69) is 20.1 Å². The number of aromatic nitrogens is 7. The van der Waals surface area contributed by atoms with Gasteiger partial charge in [-0.3, -0.25) is 0 Å². The normalized spacial score (nSPS) is 11.6. The molecule has 190 valence electrons. The molecule has 12 heteroatoms. The number of rotatable bonds is 6. The Kier molecular flexibility index (Phi) is 5.94. The molecule has 0 saturated carbocycles. The molecule has 0 radical (unpaired) electrons. The first-order valence-electron chi connectivity index (χ1n) is 11.2. The summed E-state index contributed by atoms with van der Waals surface area (Å²) in [6.07, 6.45) is 2.51. The minimum atomic E-state index is -4.47. The van der Waals surface area contributed by atoms with Gasteiger partial charge in [0, 0.05) is 24.9 Å². The van der Waals surface area contributed by atoms with Crippen LogP contribution in [0.3, 0.4) is 0 Å². The topological polar surface area (TPSA) is 78.8 Å². The lowest BCUT2D eigenvalue weighted by molar-refractivity contribution is -0.137. The molecule has 0 saturated heterocycles. The number of hydrogen-bond acceptors (Lipinski definition) is 6. The van der Waals surface area contributed by atoms with Gasteiger partial charge < -0.3 is 9.30 Å². The van der Waals surface area contributed by atoms with Crippen molar-refractivity contribution in [1.29, 1.82) is 0 Å². The minimum Gasteiger partial charge on any atom is -0.494 e. The van der Waals surface area contributed by atoms with Crippen molar-refractivity contribution in [2.75, 3.05) is 12.1 Å². The second-order valence-electron chi connectivity index (χ2n) is 8.42. The van der Waals surface area contributed by atoms with E-state index in [4.69, 9.17) is 4.74 Å². The number of hydrogen-bond donors (Lipinski definition) is 0. The highest BCUT2D eigenvalue weighted by Gasteiger charge is 2.31. The van der Waals surface area contributed by atoms with Crippen LogP contribution >= 0.6 is 0 Å². The molecule has 0 bridgehead atoms. The Bertz CT molecular complexity index is 1570. The van der Waals surface area contributed by atoms with Gasteiger partial charge in [-0.1, -0.05) is 12.1 Å². The van der Waals surface area contributed by atoms with E-state index >= 15 is 0 Å². The van der Waals surface area contributed by atoms with Crippen molar-refractivity contribution in [2.24, 2.45) is 7.05 Å². The van der Waals surface area contributed by atoms with Crippen LogP contribution in [0.15, 0.2) is 67.5 Å². The molecule has 0 fully saturated rings. The lowest BCUT2D eigenvalue weighted by atomic mass is 10.1. The zero-order chi connectivity index (χ0) is 26.3. The van der Waals surface area contributed by atoms with Crippen molar-refractivity contribution in [3.8, 4) is 22.8 Å². The third kappa shape index (κ3) is 4.65. The third-order valence-electron chi connectivity index (χ3n) is 5.72. The number of imidazole rings is 2. The van der Waals surface area contributed by atoms with E-state index in [0.717, 1.165) is 29.2 Å². The van der Waals surface area contributed by atoms with Gasteiger partial charge in [-0.25, -0.2) is 24.3 Å². The van der Waals surface area contributed by atoms with E-state index in [9.17, 15) is 13.2 Å². The second kappa shape index (κ2) is 9.12. The van der Waals surface area contributed by atoms with Crippen molar-refractivity contribution in [3.05, 3.63) is 84.5 Å². The van der Waals surface area contributed by atoms with E-state index in [1.54, 1.807) is 48.8 Å². The van der Waals surface area contributed by atoms with E-state index < -0.39 is 11.7 Å². The predicted molar refractivity (Wildman–Crippen MR) is 131 cm³/mol. The number of nitrogens with zero attached hydrogens (tertiary/aromatic N) is 8. The molecule has 0 amide bonds. The van der Waals surface area contributed by atoms with E-state index in [0.29, 0.717) is 17.0 Å². The average Bonchev–Trinajstić information content (AvgIpc) is 3.59. The van der Waals surface area contributed by atoms with Gasteiger partial charge >= 0.3 is 6.18 Å². The van der Waals surface area contributed by atoms with E-state index in [1.165, 1.54) is 10.7 Å². The van der Waals surface area contributed by atoms with Gasteiger partial charge in [0.2, 0.25) is 0 Å². The number of benzene rings is 2. The maximum atomic E-state index is 13.3. The van der Waals surface area contributed by atoms with Gasteiger partial charge in [0.1, 0.15) is 12.1 Å². The quantitative estimate of drug-likeness (QED) is 0.317. The Balaban J connectivity index is 1.62. The highest BCUT2D eigenvalue weighted by atomic mass is 19.4. The van der Waals surface area contributed by atoms with Crippen LogP contribution in [0.4, 0.5) is 24.8 Å². The molecule has 0 atom stereocenters. The molecule has 5 aromatic rings. The molecule has 0 aliphatic carbocycles. The van der Waals surface area contributed by atoms with Gasteiger partial charge in [-0.2, -0.15) is 18.2 Å². The maximum Gasteiger partial charge on any atom is 0.416 e. The minimum absolute atomic E-state index is 0.237. The monoisotopic (exact) mass is 508 g/mol. The summed E-state index contributed by atoms with van der Waals surface area (Å²) >= 11 is 0. The molecule has 3 aromatic heterocycles. The number of anilines is 2. The van der Waals surface area contributed by atoms with E-state index in [-0.39, 0.29) is 11.8 Å². The average molecular weight is 509 g/mol. The van der Waals surface area contributed by atoms with Crippen LogP contribution in [0.2, 0.25) is 0 Å². The summed E-state index contributed by atoms with van der Waals surface area (Å²) < 4.78 is 50.6. The van der Waals surface area contributed by atoms with Crippen LogP contribution in [0, 0.1) is 13.8 Å². The van der Waals surface area contributed by atoms with Crippen molar-refractivity contribution >= 4 is 11.6 Å². The van der Waals surface area contributed by atoms with E-state index in [1.807, 2.05) is 42.8 Å². The zero-order valence-electron chi connectivity index (χ0n) is 20.5. The molecule has 0 aliphatic heterocycles. The summed E-state index contributed by atoms with van der Waals surface area (Å²) in [6.45, 7) is 3.74. The summed E-state index contributed by atoms with van der Waals surface area (Å²) in [6, 6.07) is 10.6. The molecule has 2 aromatic carbocycles. The lowest BCUT2D eigenvalue weighted by Gasteiger charge is -2.23. The van der Waals surface area contributed by atoms with Crippen LogP contribution in [0.1, 0.15) is 17.0 Å². The second-order valence-corrected chi connectivity index (χ2v) is 8.42. The largest absolute Gasteiger partial charge is 0.494 e. The number of ether oxygens (including phenoxy) is 1. The molecule has 0 spiro atoms. The van der Waals surface area contributed by atoms with Crippen molar-refractivity contribution < 1.29 is 17.9 Å². The SMILES string of the molecule is COc1cc(N(c2nc(-c3cccc(C(F)(F)F)c3)n(C)n2)n2cnc(C)c2)ccc1-n1cnc(C)c1. The summed E-state index contributed by atoms with van der Waals surface area (Å²) in [5, 5.41) is 6.22. The molecule has 0 aliphatic rings. The van der Waals surface area contributed by atoms with Crippen LogP contribution in [0.25, 0.3) is 17.1 Å². The van der Waals surface area contributed by atoms with Crippen molar-refractivity contribution in [1.82, 2.24) is 34.0 Å². The van der Waals surface area contributed by atoms with Gasteiger partial charge in [-0.15, -0.1) is 5.10 Å². The molecule has 0 N–H and O–H groups in total. The molecular formula is C25H23F3N8O. The first-order chi connectivity index (χ1) is 17.6. The number of aryl methyl sites for hydroxylation is 3. The molecular weight excluding hydrogens is 485 g/mol. The fourth-order valence-electron chi connectivity index (χ4n) is 3.98. The van der Waals surface area contributed by atoms with Crippen molar-refractivity contribution in [3.63, 3.8) is 0 Å². The Hall–Kier alpha value is -4.61. The smallest absolute Gasteiger partial charge is 0.416 e. The van der Waals surface area contributed by atoms with Gasteiger partial charge in [0.25, 0.3) is 5.95 Å². The predicted octanol–water partition coefficient (Wildman–Crippen LogP) is 5.11. The fraction of sp³-hybridized carbons (Fsp3) is 0.200. The number of halogens is 3. The van der Waals surface area contributed by atoms with Crippen LogP contribution in [-0.2, 0) is 13.2 Å². The maximum absolute atomic E-state index is 13.3. The van der Waals surface area contributed by atoms with Crippen LogP contribution < -0.4 is 9.75 Å². The number of alkyl halides is 3. The lowest BCUT2D eigenvalue weighted by Crippen LogP contribution is -2.24. The first kappa shape index (κ1) is 24.1. The Labute approximate surface area is 210 Å². The molecule has 9 nitrogen and oxygen atoms in total. The van der Waals surface area contributed by atoms with Crippen LogP contribution in [-0.4, -0.2) is 41.1 Å². The Morgan fingerprint density at radius 3 is 2.35 bits per heavy atom. The number of methoxy groups -OCH3 is 1. The molecule has 0 unspecified atom stereocenters. The van der Waals surface area contributed by atoms with Gasteiger partial charge in [-0.05, 0) is 38.1 Å². The highest BCUT2D eigenvalue weighted by molar-refractivity contribution is 5.66. The summed E-state index contributed by atoms with van der Waals surface area (Å²) in [5.74, 6) is 1.09.